The summed E-state index contributed by atoms with van der Waals surface area (Å²) in [5.74, 6) is 0.726. The molecule has 2 aromatic carbocycles. The first-order valence-corrected chi connectivity index (χ1v) is 13.9. The van der Waals surface area contributed by atoms with E-state index in [-0.39, 0.29) is 11.8 Å². The lowest BCUT2D eigenvalue weighted by Crippen LogP contribution is -2.33. The predicted molar refractivity (Wildman–Crippen MR) is 143 cm³/mol. The summed E-state index contributed by atoms with van der Waals surface area (Å²) in [5.41, 5.74) is 3.18. The summed E-state index contributed by atoms with van der Waals surface area (Å²) in [7, 11) is 0. The third kappa shape index (κ3) is 5.00. The number of hydrogen-bond donors (Lipinski definition) is 1. The van der Waals surface area contributed by atoms with Gasteiger partial charge in [-0.1, -0.05) is 23.7 Å². The number of aromatic nitrogens is 1. The Hall–Kier alpha value is -2.39. The Morgan fingerprint density at radius 1 is 1.15 bits per heavy atom. The van der Waals surface area contributed by atoms with Crippen LogP contribution in [0, 0.1) is 0 Å². The van der Waals surface area contributed by atoms with Crippen molar-refractivity contribution in [2.45, 2.75) is 31.2 Å². The van der Waals surface area contributed by atoms with E-state index in [9.17, 15) is 9.59 Å². The maximum Gasteiger partial charge on any atom is 0.225 e. The maximum atomic E-state index is 12.9. The topological polar surface area (TPSA) is 62.3 Å². The van der Waals surface area contributed by atoms with Crippen LogP contribution in [-0.4, -0.2) is 34.0 Å². The number of halogens is 1. The van der Waals surface area contributed by atoms with Gasteiger partial charge in [0.25, 0.3) is 0 Å². The lowest BCUT2D eigenvalue weighted by atomic mass is 10.0. The van der Waals surface area contributed by atoms with Gasteiger partial charge in [-0.2, -0.15) is 0 Å². The van der Waals surface area contributed by atoms with Gasteiger partial charge < -0.3 is 10.2 Å². The van der Waals surface area contributed by atoms with Crippen LogP contribution < -0.4 is 5.32 Å². The summed E-state index contributed by atoms with van der Waals surface area (Å²) in [4.78, 5) is 33.8. The van der Waals surface area contributed by atoms with Crippen LogP contribution in [-0.2, 0) is 22.6 Å². The minimum atomic E-state index is -0.0224. The summed E-state index contributed by atoms with van der Waals surface area (Å²) >= 11 is 10.8. The fourth-order valence-electron chi connectivity index (χ4n) is 3.95. The average Bonchev–Trinajstić information content (AvgIpc) is 3.40. The van der Waals surface area contributed by atoms with Crippen LogP contribution in [0.5, 0.6) is 0 Å². The van der Waals surface area contributed by atoms with E-state index in [0.29, 0.717) is 30.3 Å². The third-order valence-corrected chi connectivity index (χ3v) is 9.13. The fraction of sp³-hybridized carbons (Fsp3) is 0.240. The molecule has 0 unspecified atom stereocenters. The number of nitrogens with zero attached hydrogens (tertiary/aromatic N) is 2. The molecule has 2 amide bonds. The monoisotopic (exact) mass is 527 g/mol. The Morgan fingerprint density at radius 3 is 2.71 bits per heavy atom. The number of fused-ring (bicyclic) bond motifs is 2. The van der Waals surface area contributed by atoms with Crippen molar-refractivity contribution in [3.8, 4) is 10.6 Å². The van der Waals surface area contributed by atoms with Crippen molar-refractivity contribution in [1.29, 1.82) is 0 Å². The highest BCUT2D eigenvalue weighted by molar-refractivity contribution is 7.99. The second kappa shape index (κ2) is 10.1. The van der Waals surface area contributed by atoms with E-state index in [1.807, 2.05) is 47.4 Å². The number of amides is 2. The molecule has 9 heteroatoms. The van der Waals surface area contributed by atoms with Gasteiger partial charge in [-0.15, -0.1) is 34.4 Å². The van der Waals surface area contributed by atoms with Gasteiger partial charge in [-0.05, 0) is 48.4 Å². The molecule has 5 nitrogen and oxygen atoms in total. The van der Waals surface area contributed by atoms with Crippen molar-refractivity contribution in [2.75, 3.05) is 17.6 Å². The molecular weight excluding hydrogens is 506 g/mol. The van der Waals surface area contributed by atoms with Crippen LogP contribution in [0.15, 0.2) is 53.4 Å². The number of thioether (sulfide) groups is 1. The van der Waals surface area contributed by atoms with Crippen molar-refractivity contribution >= 4 is 73.1 Å². The van der Waals surface area contributed by atoms with E-state index >= 15 is 0 Å². The van der Waals surface area contributed by atoms with Gasteiger partial charge in [0.2, 0.25) is 11.8 Å². The molecule has 0 fully saturated rings. The molecule has 0 atom stereocenters. The van der Waals surface area contributed by atoms with Crippen LogP contribution in [0.3, 0.4) is 0 Å². The number of benzene rings is 2. The first kappa shape index (κ1) is 23.4. The quantitative estimate of drug-likeness (QED) is 0.283. The highest BCUT2D eigenvalue weighted by atomic mass is 35.5. The van der Waals surface area contributed by atoms with Crippen LogP contribution in [0.4, 0.5) is 5.00 Å². The number of nitrogens with one attached hydrogen (secondary N) is 1. The molecule has 1 N–H and O–H groups in total. The van der Waals surface area contributed by atoms with Gasteiger partial charge in [0.1, 0.15) is 10.0 Å². The molecule has 0 saturated heterocycles. The van der Waals surface area contributed by atoms with E-state index < -0.39 is 0 Å². The number of para-hydroxylation sites is 1. The molecule has 0 bridgehead atoms. The minimum Gasteiger partial charge on any atom is -0.337 e. The number of hydrogen-bond acceptors (Lipinski definition) is 6. The second-order valence-corrected chi connectivity index (χ2v) is 11.7. The smallest absolute Gasteiger partial charge is 0.225 e. The highest BCUT2D eigenvalue weighted by Crippen LogP contribution is 2.45. The number of carbonyl (C=O) groups is 2. The van der Waals surface area contributed by atoms with Crippen LogP contribution in [0.2, 0.25) is 5.02 Å². The van der Waals surface area contributed by atoms with E-state index in [1.165, 1.54) is 5.56 Å². The number of carbonyl (C=O) groups excluding carboxylic acids is 2. The molecule has 3 heterocycles. The fourth-order valence-corrected chi connectivity index (χ4v) is 7.31. The van der Waals surface area contributed by atoms with Crippen LogP contribution in [0.25, 0.3) is 20.8 Å². The van der Waals surface area contributed by atoms with E-state index in [2.05, 4.69) is 11.4 Å². The van der Waals surface area contributed by atoms with Crippen molar-refractivity contribution in [3.05, 3.63) is 64.0 Å². The van der Waals surface area contributed by atoms with Gasteiger partial charge in [-0.25, -0.2) is 4.98 Å². The lowest BCUT2D eigenvalue weighted by Gasteiger charge is -2.26. The molecule has 0 saturated carbocycles. The Kier molecular flexibility index (Phi) is 6.92. The number of thiazole rings is 1. The molecule has 1 aliphatic heterocycles. The lowest BCUT2D eigenvalue weighted by molar-refractivity contribution is -0.129. The molecule has 34 heavy (non-hydrogen) atoms. The SMILES string of the molecule is CC(=O)N1CCc2c(sc(NC(=O)CCSc3ccc(Cl)cc3)c2-c2nc3ccccc3s2)C1. The summed E-state index contributed by atoms with van der Waals surface area (Å²) in [6.07, 6.45) is 1.16. The largest absolute Gasteiger partial charge is 0.337 e. The number of rotatable bonds is 6. The van der Waals surface area contributed by atoms with E-state index in [4.69, 9.17) is 16.6 Å². The predicted octanol–water partition coefficient (Wildman–Crippen LogP) is 6.70. The van der Waals surface area contributed by atoms with Crippen molar-refractivity contribution in [1.82, 2.24) is 9.88 Å². The molecule has 174 valence electrons. The Balaban J connectivity index is 1.38. The summed E-state index contributed by atoms with van der Waals surface area (Å²) < 4.78 is 1.12. The first-order chi connectivity index (χ1) is 16.5. The van der Waals surface area contributed by atoms with Gasteiger partial charge >= 0.3 is 0 Å². The zero-order valence-electron chi connectivity index (χ0n) is 18.5. The van der Waals surface area contributed by atoms with Crippen molar-refractivity contribution in [3.63, 3.8) is 0 Å². The highest BCUT2D eigenvalue weighted by Gasteiger charge is 2.28. The van der Waals surface area contributed by atoms with E-state index in [1.54, 1.807) is 41.4 Å². The number of anilines is 1. The van der Waals surface area contributed by atoms with Crippen molar-refractivity contribution < 1.29 is 9.59 Å². The van der Waals surface area contributed by atoms with Crippen LogP contribution in [0.1, 0.15) is 23.8 Å². The van der Waals surface area contributed by atoms with Gasteiger partial charge in [0.05, 0.1) is 16.8 Å². The van der Waals surface area contributed by atoms with Crippen LogP contribution >= 0.6 is 46.0 Å². The molecule has 1 aliphatic rings. The molecule has 2 aromatic heterocycles. The molecule has 4 aromatic rings. The Morgan fingerprint density at radius 2 is 1.94 bits per heavy atom. The van der Waals surface area contributed by atoms with Gasteiger partial charge in [-0.3, -0.25) is 9.59 Å². The normalized spacial score (nSPS) is 13.2. The summed E-state index contributed by atoms with van der Waals surface area (Å²) in [6.45, 7) is 2.87. The second-order valence-electron chi connectivity index (χ2n) is 7.99. The van der Waals surface area contributed by atoms with E-state index in [0.717, 1.165) is 42.0 Å². The minimum absolute atomic E-state index is 0.0224. The molecule has 0 radical (unpaired) electrons. The van der Waals surface area contributed by atoms with Gasteiger partial charge in [0.15, 0.2) is 0 Å². The molecule has 5 rings (SSSR count). The molecule has 0 spiro atoms. The first-order valence-electron chi connectivity index (χ1n) is 10.9. The Labute approximate surface area is 215 Å². The van der Waals surface area contributed by atoms with Gasteiger partial charge in [0, 0.05) is 46.0 Å². The maximum absolute atomic E-state index is 12.9. The third-order valence-electron chi connectivity index (χ3n) is 5.67. The zero-order valence-corrected chi connectivity index (χ0v) is 21.7. The summed E-state index contributed by atoms with van der Waals surface area (Å²) in [6, 6.07) is 15.7. The number of thiophene rings is 1. The molecular formula is C25H22ClN3O2S3. The Bertz CT molecular complexity index is 1330. The standard InChI is InChI=1S/C25H22ClN3O2S3/c1-15(30)29-12-10-18-21(14-29)34-25(23(18)24-27-19-4-2-3-5-20(19)33-24)28-22(31)11-13-32-17-8-6-16(26)7-9-17/h2-9H,10-14H2,1H3,(H,28,31). The summed E-state index contributed by atoms with van der Waals surface area (Å²) in [5, 5.41) is 5.61. The average molecular weight is 528 g/mol. The zero-order chi connectivity index (χ0) is 23.7. The molecule has 0 aliphatic carbocycles. The van der Waals surface area contributed by atoms with Crippen molar-refractivity contribution in [2.24, 2.45) is 0 Å².